The highest BCUT2D eigenvalue weighted by atomic mass is 28.4. The molecule has 0 aliphatic carbocycles. The van der Waals surface area contributed by atoms with Gasteiger partial charge in [0.25, 0.3) is 0 Å². The monoisotopic (exact) mass is 158 g/mol. The average molecular weight is 158 g/mol. The lowest BCUT2D eigenvalue weighted by Crippen LogP contribution is -2.46. The zero-order valence-corrected chi connectivity index (χ0v) is 6.54. The lowest BCUT2D eigenvalue weighted by Gasteiger charge is -2.22. The van der Waals surface area contributed by atoms with E-state index in [1.807, 2.05) is 0 Å². The maximum absolute atomic E-state index is 11.8. The second kappa shape index (κ2) is 2.30. The highest BCUT2D eigenvalue weighted by molar-refractivity contribution is 6.73. The van der Waals surface area contributed by atoms with E-state index < -0.39 is 14.1 Å². The van der Waals surface area contributed by atoms with Crippen molar-refractivity contribution in [3.63, 3.8) is 0 Å². The molecular formula is C4H9F3OSi. The lowest BCUT2D eigenvalue weighted by atomic mass is 11.5. The fraction of sp³-hybridized carbons (Fsp3) is 1.00. The summed E-state index contributed by atoms with van der Waals surface area (Å²) in [5.41, 5.74) is 0. The maximum atomic E-state index is 11.8. The Morgan fingerprint density at radius 2 is 1.56 bits per heavy atom. The van der Waals surface area contributed by atoms with E-state index in [0.29, 0.717) is 0 Å². The summed E-state index contributed by atoms with van der Waals surface area (Å²) in [5, 5.41) is 0. The van der Waals surface area contributed by atoms with Crippen LogP contribution in [0.15, 0.2) is 0 Å². The van der Waals surface area contributed by atoms with Gasteiger partial charge in [0.1, 0.15) is 0 Å². The fourth-order valence-electron chi connectivity index (χ4n) is 0.116. The van der Waals surface area contributed by atoms with Crippen molar-refractivity contribution in [2.24, 2.45) is 0 Å². The molecule has 0 aliphatic rings. The minimum Gasteiger partial charge on any atom is -0.411 e. The number of rotatable bonds is 1. The molecule has 0 saturated heterocycles. The molecule has 0 amide bonds. The summed E-state index contributed by atoms with van der Waals surface area (Å²) in [7, 11) is -2.28. The Labute approximate surface area is 52.9 Å². The molecule has 0 radical (unpaired) electrons. The molecule has 0 atom stereocenters. The minimum atomic E-state index is -4.14. The molecule has 5 heteroatoms. The minimum absolute atomic E-state index is 1.10. The zero-order chi connectivity index (χ0) is 7.71. The molecule has 0 unspecified atom stereocenters. The summed E-state index contributed by atoms with van der Waals surface area (Å²) in [4.78, 5) is 0. The number of halogens is 3. The van der Waals surface area contributed by atoms with Crippen LogP contribution in [0, 0.1) is 0 Å². The van der Waals surface area contributed by atoms with Gasteiger partial charge in [0.05, 0.1) is 0 Å². The number of alkyl halides is 3. The standard InChI is InChI=1S/C4H9F3OSi/c1-8-9(2,3)4(5,6)7/h1-3H3. The van der Waals surface area contributed by atoms with Gasteiger partial charge in [-0.2, -0.15) is 13.2 Å². The first-order valence-corrected chi connectivity index (χ1v) is 5.34. The zero-order valence-electron chi connectivity index (χ0n) is 5.54. The van der Waals surface area contributed by atoms with E-state index in [9.17, 15) is 13.2 Å². The molecule has 0 bridgehead atoms. The lowest BCUT2D eigenvalue weighted by molar-refractivity contribution is -0.0702. The van der Waals surface area contributed by atoms with Gasteiger partial charge in [-0.25, -0.2) is 0 Å². The molecule has 0 aromatic carbocycles. The van der Waals surface area contributed by atoms with Crippen molar-refractivity contribution in [3.8, 4) is 0 Å². The second-order valence-corrected chi connectivity index (χ2v) is 6.21. The number of hydrogen-bond acceptors (Lipinski definition) is 1. The second-order valence-electron chi connectivity index (χ2n) is 2.21. The van der Waals surface area contributed by atoms with E-state index >= 15 is 0 Å². The Balaban J connectivity index is 4.14. The van der Waals surface area contributed by atoms with Crippen molar-refractivity contribution < 1.29 is 17.6 Å². The summed E-state index contributed by atoms with van der Waals surface area (Å²) >= 11 is 0. The van der Waals surface area contributed by atoms with Gasteiger partial charge in [0, 0.05) is 7.11 Å². The smallest absolute Gasteiger partial charge is 0.388 e. The van der Waals surface area contributed by atoms with E-state index in [4.69, 9.17) is 0 Å². The van der Waals surface area contributed by atoms with Crippen LogP contribution < -0.4 is 0 Å². The van der Waals surface area contributed by atoms with Crippen LogP contribution in [-0.4, -0.2) is 21.2 Å². The van der Waals surface area contributed by atoms with Crippen molar-refractivity contribution >= 4 is 8.32 Å². The Hall–Kier alpha value is -0.0331. The van der Waals surface area contributed by atoms with Crippen molar-refractivity contribution in [2.75, 3.05) is 7.11 Å². The van der Waals surface area contributed by atoms with E-state index in [1.165, 1.54) is 0 Å². The highest BCUT2D eigenvalue weighted by Gasteiger charge is 2.51. The summed E-state index contributed by atoms with van der Waals surface area (Å²) in [5.74, 6) is -4.14. The molecule has 9 heavy (non-hydrogen) atoms. The van der Waals surface area contributed by atoms with Gasteiger partial charge in [0.15, 0.2) is 0 Å². The van der Waals surface area contributed by atoms with Gasteiger partial charge >= 0.3 is 14.1 Å². The quantitative estimate of drug-likeness (QED) is 0.530. The van der Waals surface area contributed by atoms with Crippen molar-refractivity contribution in [3.05, 3.63) is 0 Å². The van der Waals surface area contributed by atoms with Gasteiger partial charge in [-0.1, -0.05) is 0 Å². The van der Waals surface area contributed by atoms with Crippen LogP contribution in [0.2, 0.25) is 13.1 Å². The topological polar surface area (TPSA) is 9.23 Å². The Kier molecular flexibility index (Phi) is 2.29. The van der Waals surface area contributed by atoms with Gasteiger partial charge in [-0.05, 0) is 13.1 Å². The third kappa shape index (κ3) is 1.98. The Bertz CT molecular complexity index is 98.5. The van der Waals surface area contributed by atoms with Crippen LogP contribution in [0.1, 0.15) is 0 Å². The maximum Gasteiger partial charge on any atom is 0.388 e. The van der Waals surface area contributed by atoms with E-state index in [2.05, 4.69) is 4.43 Å². The summed E-state index contributed by atoms with van der Waals surface area (Å²) in [6.07, 6.45) is 0. The SMILES string of the molecule is CO[Si](C)(C)C(F)(F)F. The average Bonchev–Trinajstić information content (AvgIpc) is 1.64. The predicted molar refractivity (Wildman–Crippen MR) is 30.5 cm³/mol. The molecular weight excluding hydrogens is 149 g/mol. The summed E-state index contributed by atoms with van der Waals surface area (Å²) in [6, 6.07) is 0. The first-order chi connectivity index (χ1) is 3.81. The molecule has 0 heterocycles. The fourth-order valence-corrected chi connectivity index (χ4v) is 0.347. The molecule has 0 N–H and O–H groups in total. The van der Waals surface area contributed by atoms with Crippen LogP contribution in [-0.2, 0) is 4.43 Å². The third-order valence-electron chi connectivity index (χ3n) is 1.19. The predicted octanol–water partition coefficient (Wildman–Crippen LogP) is 1.94. The number of hydrogen-bond donors (Lipinski definition) is 0. The van der Waals surface area contributed by atoms with Crippen molar-refractivity contribution in [1.29, 1.82) is 0 Å². The molecule has 0 rings (SSSR count). The molecule has 0 saturated carbocycles. The molecule has 0 fully saturated rings. The van der Waals surface area contributed by atoms with E-state index in [1.54, 1.807) is 0 Å². The van der Waals surface area contributed by atoms with Gasteiger partial charge in [-0.3, -0.25) is 0 Å². The highest BCUT2D eigenvalue weighted by Crippen LogP contribution is 2.28. The van der Waals surface area contributed by atoms with E-state index in [-0.39, 0.29) is 0 Å². The van der Waals surface area contributed by atoms with Crippen molar-refractivity contribution in [1.82, 2.24) is 0 Å². The van der Waals surface area contributed by atoms with Crippen LogP contribution in [0.25, 0.3) is 0 Å². The Morgan fingerprint density at radius 1 is 1.22 bits per heavy atom. The van der Waals surface area contributed by atoms with Crippen LogP contribution >= 0.6 is 0 Å². The summed E-state index contributed by atoms with van der Waals surface area (Å²) in [6.45, 7) is 2.24. The molecule has 0 aromatic heterocycles. The van der Waals surface area contributed by atoms with Gasteiger partial charge < -0.3 is 4.43 Å². The third-order valence-corrected chi connectivity index (χ3v) is 3.58. The first-order valence-electron chi connectivity index (χ1n) is 2.43. The molecule has 56 valence electrons. The molecule has 0 aromatic rings. The van der Waals surface area contributed by atoms with Gasteiger partial charge in [0.2, 0.25) is 0 Å². The van der Waals surface area contributed by atoms with Crippen LogP contribution in [0.3, 0.4) is 0 Å². The molecule has 0 spiro atoms. The Morgan fingerprint density at radius 3 is 1.56 bits per heavy atom. The molecule has 1 nitrogen and oxygen atoms in total. The normalized spacial score (nSPS) is 14.0. The summed E-state index contributed by atoms with van der Waals surface area (Å²) < 4.78 is 39.6. The first kappa shape index (κ1) is 8.97. The molecule has 0 aliphatic heterocycles. The largest absolute Gasteiger partial charge is 0.411 e. The van der Waals surface area contributed by atoms with Crippen LogP contribution in [0.4, 0.5) is 13.2 Å². The van der Waals surface area contributed by atoms with Gasteiger partial charge in [-0.15, -0.1) is 0 Å². The van der Waals surface area contributed by atoms with Crippen LogP contribution in [0.5, 0.6) is 0 Å². The van der Waals surface area contributed by atoms with E-state index in [0.717, 1.165) is 20.2 Å². The van der Waals surface area contributed by atoms with Crippen molar-refractivity contribution in [2.45, 2.75) is 18.9 Å².